The SMILES string of the molecule is Cl.N[C@H]1CSc2ccc(C(=O)NCc3ccc(F)cc3)cc2N(Cc2ccc(Cl)cc2)C1=O. The van der Waals surface area contributed by atoms with E-state index < -0.39 is 6.04 Å². The molecule has 9 heteroatoms. The fourth-order valence-corrected chi connectivity index (χ4v) is 4.49. The molecule has 0 radical (unpaired) electrons. The number of hydrogen-bond acceptors (Lipinski definition) is 4. The van der Waals surface area contributed by atoms with Gasteiger partial charge in [0.1, 0.15) is 5.82 Å². The van der Waals surface area contributed by atoms with Gasteiger partial charge in [0.25, 0.3) is 5.91 Å². The number of rotatable bonds is 5. The molecule has 3 N–H and O–H groups in total. The third-order valence-electron chi connectivity index (χ3n) is 5.13. The quantitative estimate of drug-likeness (QED) is 0.522. The van der Waals surface area contributed by atoms with Gasteiger partial charge in [-0.25, -0.2) is 4.39 Å². The Morgan fingerprint density at radius 1 is 1.09 bits per heavy atom. The average Bonchev–Trinajstić information content (AvgIpc) is 2.91. The van der Waals surface area contributed by atoms with Crippen LogP contribution in [0.5, 0.6) is 0 Å². The number of thioether (sulfide) groups is 1. The number of carbonyl (C=O) groups is 2. The van der Waals surface area contributed by atoms with E-state index in [0.29, 0.717) is 28.6 Å². The maximum Gasteiger partial charge on any atom is 0.251 e. The summed E-state index contributed by atoms with van der Waals surface area (Å²) in [6.07, 6.45) is 0. The summed E-state index contributed by atoms with van der Waals surface area (Å²) in [5.74, 6) is -0.351. The van der Waals surface area contributed by atoms with Crippen LogP contribution in [0.3, 0.4) is 0 Å². The van der Waals surface area contributed by atoms with Crippen LogP contribution in [0.1, 0.15) is 21.5 Å². The normalized spacial score (nSPS) is 15.3. The smallest absolute Gasteiger partial charge is 0.251 e. The highest BCUT2D eigenvalue weighted by molar-refractivity contribution is 7.99. The summed E-state index contributed by atoms with van der Waals surface area (Å²) in [5.41, 5.74) is 8.87. The minimum atomic E-state index is -0.643. The Morgan fingerprint density at radius 3 is 2.45 bits per heavy atom. The van der Waals surface area contributed by atoms with Crippen molar-refractivity contribution in [2.24, 2.45) is 5.73 Å². The molecular formula is C24H22Cl2FN3O2S. The van der Waals surface area contributed by atoms with E-state index in [1.807, 2.05) is 18.2 Å². The molecule has 1 heterocycles. The van der Waals surface area contributed by atoms with Crippen molar-refractivity contribution in [2.75, 3.05) is 10.7 Å². The predicted molar refractivity (Wildman–Crippen MR) is 133 cm³/mol. The van der Waals surface area contributed by atoms with Crippen molar-refractivity contribution < 1.29 is 14.0 Å². The van der Waals surface area contributed by atoms with Gasteiger partial charge in [0.2, 0.25) is 5.91 Å². The van der Waals surface area contributed by atoms with Crippen molar-refractivity contribution in [1.82, 2.24) is 5.32 Å². The molecule has 0 aromatic heterocycles. The Balaban J connectivity index is 0.00000306. The monoisotopic (exact) mass is 505 g/mol. The summed E-state index contributed by atoms with van der Waals surface area (Å²) in [6.45, 7) is 0.584. The van der Waals surface area contributed by atoms with Gasteiger partial charge in [0.15, 0.2) is 0 Å². The molecule has 1 aliphatic heterocycles. The zero-order valence-electron chi connectivity index (χ0n) is 17.5. The van der Waals surface area contributed by atoms with E-state index in [-0.39, 0.29) is 36.6 Å². The molecule has 0 saturated carbocycles. The first kappa shape index (κ1) is 25.1. The largest absolute Gasteiger partial charge is 0.348 e. The summed E-state index contributed by atoms with van der Waals surface area (Å²) < 4.78 is 13.1. The van der Waals surface area contributed by atoms with Crippen LogP contribution >= 0.6 is 35.8 Å². The Hall–Kier alpha value is -2.58. The molecule has 5 nitrogen and oxygen atoms in total. The van der Waals surface area contributed by atoms with Crippen molar-refractivity contribution in [3.8, 4) is 0 Å². The first-order valence-corrected chi connectivity index (χ1v) is 11.4. The lowest BCUT2D eigenvalue weighted by Crippen LogP contribution is -2.44. The third kappa shape index (κ3) is 6.06. The number of hydrogen-bond donors (Lipinski definition) is 2. The van der Waals surface area contributed by atoms with Gasteiger partial charge in [-0.1, -0.05) is 35.9 Å². The number of fused-ring (bicyclic) bond motifs is 1. The van der Waals surface area contributed by atoms with Crippen LogP contribution in [0.15, 0.2) is 71.6 Å². The van der Waals surface area contributed by atoms with Gasteiger partial charge in [-0.3, -0.25) is 9.59 Å². The van der Waals surface area contributed by atoms with Gasteiger partial charge in [-0.15, -0.1) is 24.2 Å². The van der Waals surface area contributed by atoms with E-state index in [1.54, 1.807) is 41.3 Å². The van der Waals surface area contributed by atoms with Crippen LogP contribution in [0.4, 0.5) is 10.1 Å². The van der Waals surface area contributed by atoms with Crippen LogP contribution in [0.25, 0.3) is 0 Å². The molecule has 1 aliphatic rings. The van der Waals surface area contributed by atoms with Crippen molar-refractivity contribution >= 4 is 53.3 Å². The first-order valence-electron chi connectivity index (χ1n) is 10.0. The summed E-state index contributed by atoms with van der Waals surface area (Å²) in [4.78, 5) is 28.3. The van der Waals surface area contributed by atoms with Crippen LogP contribution < -0.4 is 16.0 Å². The topological polar surface area (TPSA) is 75.4 Å². The number of nitrogens with one attached hydrogen (secondary N) is 1. The molecule has 0 fully saturated rings. The molecule has 0 bridgehead atoms. The summed E-state index contributed by atoms with van der Waals surface area (Å²) in [6, 6.07) is 17.9. The first-order chi connectivity index (χ1) is 15.4. The Bertz CT molecular complexity index is 1140. The summed E-state index contributed by atoms with van der Waals surface area (Å²) >= 11 is 7.48. The number of carbonyl (C=O) groups excluding carboxylic acids is 2. The van der Waals surface area contributed by atoms with Gasteiger partial charge in [-0.05, 0) is 53.6 Å². The molecule has 172 valence electrons. The van der Waals surface area contributed by atoms with Crippen molar-refractivity contribution in [3.63, 3.8) is 0 Å². The fraction of sp³-hybridized carbons (Fsp3) is 0.167. The highest BCUT2D eigenvalue weighted by atomic mass is 35.5. The number of nitrogens with two attached hydrogens (primary N) is 1. The number of nitrogens with zero attached hydrogens (tertiary/aromatic N) is 1. The molecule has 1 atom stereocenters. The molecule has 0 saturated heterocycles. The van der Waals surface area contributed by atoms with Crippen LogP contribution in [-0.2, 0) is 17.9 Å². The van der Waals surface area contributed by atoms with E-state index in [0.717, 1.165) is 16.0 Å². The lowest BCUT2D eigenvalue weighted by Gasteiger charge is -2.25. The third-order valence-corrected chi connectivity index (χ3v) is 6.57. The molecule has 3 aromatic carbocycles. The minimum Gasteiger partial charge on any atom is -0.348 e. The van der Waals surface area contributed by atoms with E-state index in [2.05, 4.69) is 5.32 Å². The second kappa shape index (κ2) is 11.0. The molecule has 4 rings (SSSR count). The second-order valence-corrected chi connectivity index (χ2v) is 8.96. The van der Waals surface area contributed by atoms with Crippen LogP contribution in [0, 0.1) is 5.82 Å². The lowest BCUT2D eigenvalue weighted by atomic mass is 10.1. The number of halogens is 3. The molecular weight excluding hydrogens is 484 g/mol. The zero-order valence-corrected chi connectivity index (χ0v) is 19.9. The number of amides is 2. The van der Waals surface area contributed by atoms with E-state index in [9.17, 15) is 14.0 Å². The summed E-state index contributed by atoms with van der Waals surface area (Å²) in [5, 5.41) is 3.45. The van der Waals surface area contributed by atoms with Gasteiger partial charge < -0.3 is 16.0 Å². The predicted octanol–water partition coefficient (Wildman–Crippen LogP) is 4.80. The van der Waals surface area contributed by atoms with Crippen molar-refractivity contribution in [1.29, 1.82) is 0 Å². The fourth-order valence-electron chi connectivity index (χ4n) is 3.38. The molecule has 0 unspecified atom stereocenters. The number of anilines is 1. The molecule has 33 heavy (non-hydrogen) atoms. The van der Waals surface area contributed by atoms with Crippen LogP contribution in [-0.4, -0.2) is 23.6 Å². The average molecular weight is 506 g/mol. The van der Waals surface area contributed by atoms with Gasteiger partial charge in [-0.2, -0.15) is 0 Å². The lowest BCUT2D eigenvalue weighted by molar-refractivity contribution is -0.119. The van der Waals surface area contributed by atoms with Gasteiger partial charge in [0, 0.05) is 27.8 Å². The molecule has 0 spiro atoms. The molecule has 2 amide bonds. The van der Waals surface area contributed by atoms with E-state index in [1.165, 1.54) is 23.9 Å². The Kier molecular flexibility index (Phi) is 8.37. The molecule has 0 aliphatic carbocycles. The highest BCUT2D eigenvalue weighted by Gasteiger charge is 2.29. The molecule has 3 aromatic rings. The summed E-state index contributed by atoms with van der Waals surface area (Å²) in [7, 11) is 0. The zero-order chi connectivity index (χ0) is 22.7. The van der Waals surface area contributed by atoms with Crippen LogP contribution in [0.2, 0.25) is 5.02 Å². The van der Waals surface area contributed by atoms with Crippen molar-refractivity contribution in [2.45, 2.75) is 24.0 Å². The Morgan fingerprint density at radius 2 is 1.76 bits per heavy atom. The van der Waals surface area contributed by atoms with Gasteiger partial charge in [0.05, 0.1) is 18.3 Å². The minimum absolute atomic E-state index is 0. The van der Waals surface area contributed by atoms with Gasteiger partial charge >= 0.3 is 0 Å². The maximum absolute atomic E-state index is 13.1. The second-order valence-electron chi connectivity index (χ2n) is 7.46. The number of benzene rings is 3. The highest BCUT2D eigenvalue weighted by Crippen LogP contribution is 2.36. The van der Waals surface area contributed by atoms with Crippen molar-refractivity contribution in [3.05, 3.63) is 94.3 Å². The van der Waals surface area contributed by atoms with E-state index >= 15 is 0 Å². The van der Waals surface area contributed by atoms with E-state index in [4.69, 9.17) is 17.3 Å². The Labute approximate surface area is 206 Å². The standard InChI is InChI=1S/C24H21ClFN3O2S.ClH/c25-18-6-1-16(2-7-18)13-29-21-11-17(5-10-22(21)32-14-20(27)24(29)31)23(30)28-12-15-3-8-19(26)9-4-15;/h1-11,20H,12-14,27H2,(H,28,30);1H/t20-;/m0./s1. The maximum atomic E-state index is 13.1.